The molecule has 0 bridgehead atoms. The van der Waals surface area contributed by atoms with Gasteiger partial charge in [-0.15, -0.1) is 5.10 Å². The van der Waals surface area contributed by atoms with Gasteiger partial charge in [-0.1, -0.05) is 5.21 Å². The molecule has 0 spiro atoms. The number of hydrogen-bond donors (Lipinski definition) is 4. The van der Waals surface area contributed by atoms with E-state index >= 15 is 0 Å². The largest absolute Gasteiger partial charge is 0.394 e. The summed E-state index contributed by atoms with van der Waals surface area (Å²) in [5.41, 5.74) is -0.645. The molecular weight excluding hydrogens is 322 g/mol. The average molecular weight is 339 g/mol. The van der Waals surface area contributed by atoms with Crippen molar-refractivity contribution < 1.29 is 20.1 Å². The van der Waals surface area contributed by atoms with Gasteiger partial charge in [0.05, 0.1) is 12.3 Å². The molecule has 2 aromatic rings. The SMILES string of the molecule is Cn1cc(Cc2cn([C@@H]3O[C@H](CO)C(O)[C@@H]3O)c(=O)[nH]c2=O)nn1. The Morgan fingerprint density at radius 1 is 1.29 bits per heavy atom. The molecular formula is C13H17N5O6. The van der Waals surface area contributed by atoms with E-state index in [1.165, 1.54) is 10.9 Å². The second-order valence-corrected chi connectivity index (χ2v) is 5.61. The summed E-state index contributed by atoms with van der Waals surface area (Å²) in [5.74, 6) is 0. The Labute approximate surface area is 134 Å². The Balaban J connectivity index is 1.96. The Morgan fingerprint density at radius 2 is 2.04 bits per heavy atom. The van der Waals surface area contributed by atoms with Gasteiger partial charge >= 0.3 is 5.69 Å². The maximum Gasteiger partial charge on any atom is 0.330 e. The number of nitrogens with one attached hydrogen (secondary N) is 1. The summed E-state index contributed by atoms with van der Waals surface area (Å²) in [6, 6.07) is 0. The molecule has 11 heteroatoms. The van der Waals surface area contributed by atoms with Crippen molar-refractivity contribution >= 4 is 0 Å². The zero-order valence-corrected chi connectivity index (χ0v) is 12.7. The lowest BCUT2D eigenvalue weighted by Gasteiger charge is -2.17. The van der Waals surface area contributed by atoms with Gasteiger partial charge in [-0.05, 0) is 0 Å². The molecule has 11 nitrogen and oxygen atoms in total. The lowest BCUT2D eigenvalue weighted by atomic mass is 10.1. The standard InChI is InChI=1S/C13H17N5O6/c1-17-4-7(15-16-17)2-6-3-18(13(23)14-11(6)22)12-10(21)9(20)8(5-19)24-12/h3-4,8-10,12,19-21H,2,5H2,1H3,(H,14,22,23)/t8-,9?,10+,12-/m1/s1. The molecule has 130 valence electrons. The van der Waals surface area contributed by atoms with Crippen LogP contribution in [0, 0.1) is 0 Å². The summed E-state index contributed by atoms with van der Waals surface area (Å²) in [5, 5.41) is 36.6. The van der Waals surface area contributed by atoms with Crippen molar-refractivity contribution in [3.63, 3.8) is 0 Å². The number of aliphatic hydroxyl groups is 3. The first-order chi connectivity index (χ1) is 11.4. The fraction of sp³-hybridized carbons (Fsp3) is 0.538. The van der Waals surface area contributed by atoms with Crippen LogP contribution in [0.5, 0.6) is 0 Å². The second-order valence-electron chi connectivity index (χ2n) is 5.61. The minimum Gasteiger partial charge on any atom is -0.394 e. The van der Waals surface area contributed by atoms with Crippen molar-refractivity contribution in [1.82, 2.24) is 24.5 Å². The monoisotopic (exact) mass is 339 g/mol. The van der Waals surface area contributed by atoms with Gasteiger partial charge in [0.2, 0.25) is 0 Å². The van der Waals surface area contributed by atoms with Crippen LogP contribution in [0.1, 0.15) is 17.5 Å². The number of aromatic amines is 1. The molecule has 4 atom stereocenters. The summed E-state index contributed by atoms with van der Waals surface area (Å²) in [6.07, 6.45) is -2.01. The van der Waals surface area contributed by atoms with E-state index in [0.29, 0.717) is 5.69 Å². The molecule has 4 N–H and O–H groups in total. The molecule has 1 aliphatic heterocycles. The van der Waals surface area contributed by atoms with Gasteiger partial charge in [-0.2, -0.15) is 0 Å². The molecule has 0 amide bonds. The van der Waals surface area contributed by atoms with E-state index in [1.807, 2.05) is 0 Å². The van der Waals surface area contributed by atoms with Gasteiger partial charge in [0.25, 0.3) is 5.56 Å². The summed E-state index contributed by atoms with van der Waals surface area (Å²) >= 11 is 0. The topological polar surface area (TPSA) is 155 Å². The summed E-state index contributed by atoms with van der Waals surface area (Å²) in [7, 11) is 1.68. The van der Waals surface area contributed by atoms with E-state index in [4.69, 9.17) is 9.84 Å². The lowest BCUT2D eigenvalue weighted by molar-refractivity contribution is -0.0551. The number of aryl methyl sites for hydroxylation is 1. The average Bonchev–Trinajstić information content (AvgIpc) is 3.07. The van der Waals surface area contributed by atoms with Crippen LogP contribution in [0.15, 0.2) is 22.0 Å². The van der Waals surface area contributed by atoms with Crippen LogP contribution in [-0.2, 0) is 18.2 Å². The molecule has 1 aliphatic rings. The zero-order valence-electron chi connectivity index (χ0n) is 12.7. The maximum atomic E-state index is 12.0. The highest BCUT2D eigenvalue weighted by Crippen LogP contribution is 2.28. The number of aliphatic hydroxyl groups excluding tert-OH is 3. The Morgan fingerprint density at radius 3 is 2.62 bits per heavy atom. The molecule has 0 radical (unpaired) electrons. The van der Waals surface area contributed by atoms with E-state index in [1.54, 1.807) is 13.2 Å². The fourth-order valence-corrected chi connectivity index (χ4v) is 2.62. The van der Waals surface area contributed by atoms with Crippen molar-refractivity contribution in [2.45, 2.75) is 31.0 Å². The van der Waals surface area contributed by atoms with Gasteiger partial charge in [0, 0.05) is 31.4 Å². The van der Waals surface area contributed by atoms with Crippen molar-refractivity contribution in [1.29, 1.82) is 0 Å². The number of hydrogen-bond acceptors (Lipinski definition) is 8. The highest BCUT2D eigenvalue weighted by Gasteiger charge is 2.43. The van der Waals surface area contributed by atoms with Gasteiger partial charge in [0.1, 0.15) is 18.3 Å². The molecule has 24 heavy (non-hydrogen) atoms. The highest BCUT2D eigenvalue weighted by molar-refractivity contribution is 5.14. The quantitative estimate of drug-likeness (QED) is 0.455. The predicted octanol–water partition coefficient (Wildman–Crippen LogP) is -3.13. The van der Waals surface area contributed by atoms with E-state index < -0.39 is 42.4 Å². The Hall–Kier alpha value is -2.34. The second kappa shape index (κ2) is 6.28. The number of nitrogens with zero attached hydrogens (tertiary/aromatic N) is 4. The van der Waals surface area contributed by atoms with Crippen LogP contribution in [-0.4, -0.2) is 64.8 Å². The van der Waals surface area contributed by atoms with E-state index in [0.717, 1.165) is 4.57 Å². The normalized spacial score (nSPS) is 26.8. The smallest absolute Gasteiger partial charge is 0.330 e. The van der Waals surface area contributed by atoms with Crippen molar-refractivity contribution in [3.05, 3.63) is 44.5 Å². The zero-order chi connectivity index (χ0) is 17.4. The predicted molar refractivity (Wildman–Crippen MR) is 78.1 cm³/mol. The van der Waals surface area contributed by atoms with Crippen molar-refractivity contribution in [2.75, 3.05) is 6.61 Å². The molecule has 0 saturated carbocycles. The maximum absolute atomic E-state index is 12.0. The minimum absolute atomic E-state index is 0.123. The third-order valence-corrected chi connectivity index (χ3v) is 3.85. The third kappa shape index (κ3) is 2.89. The van der Waals surface area contributed by atoms with Crippen LogP contribution in [0.2, 0.25) is 0 Å². The molecule has 1 saturated heterocycles. The number of ether oxygens (including phenoxy) is 1. The fourth-order valence-electron chi connectivity index (χ4n) is 2.62. The van der Waals surface area contributed by atoms with Gasteiger partial charge < -0.3 is 20.1 Å². The first-order valence-corrected chi connectivity index (χ1v) is 7.22. The molecule has 2 aromatic heterocycles. The van der Waals surface area contributed by atoms with Crippen LogP contribution >= 0.6 is 0 Å². The van der Waals surface area contributed by atoms with Crippen LogP contribution in [0.3, 0.4) is 0 Å². The summed E-state index contributed by atoms with van der Waals surface area (Å²) < 4.78 is 7.77. The van der Waals surface area contributed by atoms with Gasteiger partial charge in [-0.25, -0.2) is 4.79 Å². The Bertz CT molecular complexity index is 842. The molecule has 1 fully saturated rings. The molecule has 0 aromatic carbocycles. The van der Waals surface area contributed by atoms with E-state index in [9.17, 15) is 19.8 Å². The van der Waals surface area contributed by atoms with Crippen molar-refractivity contribution in [2.24, 2.45) is 7.05 Å². The summed E-state index contributed by atoms with van der Waals surface area (Å²) in [4.78, 5) is 26.1. The Kier molecular flexibility index (Phi) is 4.32. The van der Waals surface area contributed by atoms with Crippen LogP contribution in [0.4, 0.5) is 0 Å². The van der Waals surface area contributed by atoms with E-state index in [-0.39, 0.29) is 12.0 Å². The lowest BCUT2D eigenvalue weighted by Crippen LogP contribution is -2.39. The highest BCUT2D eigenvalue weighted by atomic mass is 16.6. The first kappa shape index (κ1) is 16.5. The van der Waals surface area contributed by atoms with Crippen LogP contribution < -0.4 is 11.2 Å². The first-order valence-electron chi connectivity index (χ1n) is 7.22. The summed E-state index contributed by atoms with van der Waals surface area (Å²) in [6.45, 7) is -0.515. The van der Waals surface area contributed by atoms with Crippen molar-refractivity contribution in [3.8, 4) is 0 Å². The number of rotatable bonds is 4. The van der Waals surface area contributed by atoms with Gasteiger partial charge in [-0.3, -0.25) is 19.0 Å². The molecule has 1 unspecified atom stereocenters. The number of aromatic nitrogens is 5. The van der Waals surface area contributed by atoms with Gasteiger partial charge in [0.15, 0.2) is 6.23 Å². The van der Waals surface area contributed by atoms with Crippen LogP contribution in [0.25, 0.3) is 0 Å². The van der Waals surface area contributed by atoms with E-state index in [2.05, 4.69) is 15.3 Å². The third-order valence-electron chi connectivity index (χ3n) is 3.85. The molecule has 3 rings (SSSR count). The molecule has 0 aliphatic carbocycles. The minimum atomic E-state index is -1.42. The number of H-pyrrole nitrogens is 1. The molecule has 3 heterocycles.